The fraction of sp³-hybridized carbons (Fsp3) is 0.167. The van der Waals surface area contributed by atoms with Gasteiger partial charge < -0.3 is 15.3 Å². The van der Waals surface area contributed by atoms with Gasteiger partial charge in [0.2, 0.25) is 0 Å². The Morgan fingerprint density at radius 1 is 1.33 bits per heavy atom. The molecule has 0 amide bonds. The van der Waals surface area contributed by atoms with Crippen LogP contribution in [0.4, 0.5) is 5.82 Å². The van der Waals surface area contributed by atoms with Gasteiger partial charge in [0.15, 0.2) is 0 Å². The van der Waals surface area contributed by atoms with Gasteiger partial charge in [0.25, 0.3) is 0 Å². The molecule has 3 aromatic rings. The number of hydrogen-bond donors (Lipinski definition) is 3. The average molecular weight is 262 g/mol. The van der Waals surface area contributed by atoms with E-state index in [-0.39, 0.29) is 0 Å². The Morgan fingerprint density at radius 3 is 3.11 bits per heavy atom. The Bertz CT molecular complexity index is 644. The Balaban J connectivity index is 1.70. The zero-order chi connectivity index (χ0) is 12.4. The van der Waals surface area contributed by atoms with Gasteiger partial charge in [-0.3, -0.25) is 0 Å². The second-order valence-corrected chi connectivity index (χ2v) is 4.39. The second-order valence-electron chi connectivity index (χ2n) is 3.98. The number of nitrogens with zero attached hydrogens (tertiary/aromatic N) is 2. The summed E-state index contributed by atoms with van der Waals surface area (Å²) in [5.74, 6) is 0.773. The maximum absolute atomic E-state index is 6.17. The third-order valence-electron chi connectivity index (χ3n) is 2.73. The Morgan fingerprint density at radius 2 is 2.28 bits per heavy atom. The molecule has 92 valence electrons. The minimum absolute atomic E-state index is 0.699. The molecule has 0 spiro atoms. The van der Waals surface area contributed by atoms with Gasteiger partial charge in [-0.05, 0) is 12.1 Å². The number of nitrogens with one attached hydrogen (secondary N) is 3. The number of halogens is 1. The number of pyridine rings is 1. The molecular weight excluding hydrogens is 250 g/mol. The molecule has 0 atom stereocenters. The van der Waals surface area contributed by atoms with E-state index in [2.05, 4.69) is 25.3 Å². The van der Waals surface area contributed by atoms with E-state index < -0.39 is 0 Å². The van der Waals surface area contributed by atoms with Crippen molar-refractivity contribution in [2.75, 3.05) is 11.9 Å². The maximum atomic E-state index is 6.17. The largest absolute Gasteiger partial charge is 0.370 e. The predicted octanol–water partition coefficient (Wildman–Crippen LogP) is 2.59. The van der Waals surface area contributed by atoms with Crippen LogP contribution < -0.4 is 5.32 Å². The molecule has 6 heteroatoms. The standard InChI is InChI=1S/C12H12ClN5/c13-10-5-11(18-12-9(10)2-4-16-12)15-3-1-8-6-14-7-17-8/h2,4-7H,1,3H2,(H,14,17)(H2,15,16,18). The highest BCUT2D eigenvalue weighted by molar-refractivity contribution is 6.35. The SMILES string of the molecule is Clc1cc(NCCc2cnc[nH]2)nc2[nH]ccc12. The topological polar surface area (TPSA) is 69.4 Å². The number of anilines is 1. The van der Waals surface area contributed by atoms with E-state index in [4.69, 9.17) is 11.6 Å². The van der Waals surface area contributed by atoms with Gasteiger partial charge in [0.05, 0.1) is 11.3 Å². The fourth-order valence-electron chi connectivity index (χ4n) is 1.83. The van der Waals surface area contributed by atoms with Crippen LogP contribution in [0, 0.1) is 0 Å². The summed E-state index contributed by atoms with van der Waals surface area (Å²) in [6, 6.07) is 3.75. The van der Waals surface area contributed by atoms with Crippen molar-refractivity contribution in [2.24, 2.45) is 0 Å². The van der Waals surface area contributed by atoms with E-state index in [1.165, 1.54) is 0 Å². The third kappa shape index (κ3) is 2.17. The molecule has 0 bridgehead atoms. The summed E-state index contributed by atoms with van der Waals surface area (Å²) in [6.07, 6.45) is 6.19. The molecule has 0 aliphatic heterocycles. The average Bonchev–Trinajstić information content (AvgIpc) is 2.99. The van der Waals surface area contributed by atoms with Crippen molar-refractivity contribution in [1.82, 2.24) is 19.9 Å². The van der Waals surface area contributed by atoms with Crippen molar-refractivity contribution in [1.29, 1.82) is 0 Å². The summed E-state index contributed by atoms with van der Waals surface area (Å²) in [4.78, 5) is 14.5. The first kappa shape index (κ1) is 11.1. The van der Waals surface area contributed by atoms with Crippen LogP contribution in [0.2, 0.25) is 5.02 Å². The molecule has 3 aromatic heterocycles. The molecule has 0 aliphatic carbocycles. The first-order valence-corrected chi connectivity index (χ1v) is 6.05. The molecule has 5 nitrogen and oxygen atoms in total. The predicted molar refractivity (Wildman–Crippen MR) is 71.9 cm³/mol. The molecular formula is C12H12ClN5. The van der Waals surface area contributed by atoms with Crippen LogP contribution >= 0.6 is 11.6 Å². The number of aromatic nitrogens is 4. The van der Waals surface area contributed by atoms with E-state index in [1.807, 2.05) is 24.5 Å². The lowest BCUT2D eigenvalue weighted by Gasteiger charge is -2.05. The van der Waals surface area contributed by atoms with Crippen molar-refractivity contribution in [3.8, 4) is 0 Å². The first-order valence-electron chi connectivity index (χ1n) is 5.68. The molecule has 3 N–H and O–H groups in total. The summed E-state index contributed by atoms with van der Waals surface area (Å²) in [6.45, 7) is 0.776. The number of hydrogen-bond acceptors (Lipinski definition) is 3. The normalized spacial score (nSPS) is 10.9. The third-order valence-corrected chi connectivity index (χ3v) is 3.05. The second kappa shape index (κ2) is 4.70. The summed E-state index contributed by atoms with van der Waals surface area (Å²) >= 11 is 6.17. The van der Waals surface area contributed by atoms with Crippen molar-refractivity contribution in [3.63, 3.8) is 0 Å². The summed E-state index contributed by atoms with van der Waals surface area (Å²) in [7, 11) is 0. The molecule has 0 radical (unpaired) electrons. The number of fused-ring (bicyclic) bond motifs is 1. The van der Waals surface area contributed by atoms with E-state index in [9.17, 15) is 0 Å². The molecule has 0 saturated carbocycles. The minimum atomic E-state index is 0.699. The number of imidazole rings is 1. The van der Waals surface area contributed by atoms with Gasteiger partial charge in [-0.1, -0.05) is 11.6 Å². The first-order chi connectivity index (χ1) is 8.83. The van der Waals surface area contributed by atoms with Crippen molar-refractivity contribution < 1.29 is 0 Å². The number of aromatic amines is 2. The minimum Gasteiger partial charge on any atom is -0.370 e. The van der Waals surface area contributed by atoms with Crippen LogP contribution in [0.25, 0.3) is 11.0 Å². The molecule has 18 heavy (non-hydrogen) atoms. The van der Waals surface area contributed by atoms with E-state index in [0.29, 0.717) is 5.02 Å². The zero-order valence-electron chi connectivity index (χ0n) is 9.57. The quantitative estimate of drug-likeness (QED) is 0.676. The molecule has 3 rings (SSSR count). The van der Waals surface area contributed by atoms with Gasteiger partial charge >= 0.3 is 0 Å². The van der Waals surface area contributed by atoms with Crippen LogP contribution in [0.1, 0.15) is 5.69 Å². The van der Waals surface area contributed by atoms with E-state index in [0.717, 1.165) is 35.5 Å². The lowest BCUT2D eigenvalue weighted by Crippen LogP contribution is -2.06. The van der Waals surface area contributed by atoms with Gasteiger partial charge in [-0.2, -0.15) is 0 Å². The molecule has 0 aliphatic rings. The van der Waals surface area contributed by atoms with Gasteiger partial charge in [-0.15, -0.1) is 0 Å². The summed E-state index contributed by atoms with van der Waals surface area (Å²) in [5, 5.41) is 4.88. The monoisotopic (exact) mass is 261 g/mol. The van der Waals surface area contributed by atoms with Gasteiger partial charge in [0.1, 0.15) is 11.5 Å². The van der Waals surface area contributed by atoms with Crippen LogP contribution in [0.3, 0.4) is 0 Å². The van der Waals surface area contributed by atoms with Crippen molar-refractivity contribution in [2.45, 2.75) is 6.42 Å². The van der Waals surface area contributed by atoms with Crippen molar-refractivity contribution in [3.05, 3.63) is 41.6 Å². The lowest BCUT2D eigenvalue weighted by atomic mass is 10.3. The zero-order valence-corrected chi connectivity index (χ0v) is 10.3. The smallest absolute Gasteiger partial charge is 0.141 e. The molecule has 0 unspecified atom stereocenters. The number of H-pyrrole nitrogens is 2. The van der Waals surface area contributed by atoms with Gasteiger partial charge in [0, 0.05) is 36.4 Å². The van der Waals surface area contributed by atoms with Crippen LogP contribution in [-0.4, -0.2) is 26.5 Å². The number of rotatable bonds is 4. The highest BCUT2D eigenvalue weighted by atomic mass is 35.5. The van der Waals surface area contributed by atoms with Crippen LogP contribution in [0.5, 0.6) is 0 Å². The molecule has 0 fully saturated rings. The molecule has 3 heterocycles. The van der Waals surface area contributed by atoms with E-state index in [1.54, 1.807) is 6.33 Å². The highest BCUT2D eigenvalue weighted by Gasteiger charge is 2.04. The fourth-order valence-corrected chi connectivity index (χ4v) is 2.09. The Kier molecular flexibility index (Phi) is 2.90. The molecule has 0 aromatic carbocycles. The summed E-state index contributed by atoms with van der Waals surface area (Å²) < 4.78 is 0. The maximum Gasteiger partial charge on any atom is 0.141 e. The van der Waals surface area contributed by atoms with Crippen molar-refractivity contribution >= 4 is 28.5 Å². The van der Waals surface area contributed by atoms with E-state index >= 15 is 0 Å². The molecule has 0 saturated heterocycles. The van der Waals surface area contributed by atoms with Crippen LogP contribution in [-0.2, 0) is 6.42 Å². The highest BCUT2D eigenvalue weighted by Crippen LogP contribution is 2.24. The lowest BCUT2D eigenvalue weighted by molar-refractivity contribution is 0.969. The van der Waals surface area contributed by atoms with Crippen LogP contribution in [0.15, 0.2) is 30.9 Å². The van der Waals surface area contributed by atoms with Gasteiger partial charge in [-0.25, -0.2) is 9.97 Å². The Labute approximate surface area is 109 Å². The summed E-state index contributed by atoms with van der Waals surface area (Å²) in [5.41, 5.74) is 1.89. The Hall–Kier alpha value is -2.01.